The molecule has 0 amide bonds. The van der Waals surface area contributed by atoms with Gasteiger partial charge in [-0.3, -0.25) is 0 Å². The number of rotatable bonds is 7. The predicted octanol–water partition coefficient (Wildman–Crippen LogP) is 3.18. The average molecular weight is 272 g/mol. The van der Waals surface area contributed by atoms with Crippen molar-refractivity contribution in [3.05, 3.63) is 47.7 Å². The number of methoxy groups -OCH3 is 1. The first-order valence-corrected chi connectivity index (χ1v) is 7.08. The maximum absolute atomic E-state index is 5.04. The summed E-state index contributed by atoms with van der Waals surface area (Å²) < 4.78 is 7.36. The number of hydrogen-bond acceptors (Lipinski definition) is 2. The molecule has 0 unspecified atom stereocenters. The number of allylic oxidation sites excluding steroid dienone is 1. The zero-order valence-electron chi connectivity index (χ0n) is 12.7. The van der Waals surface area contributed by atoms with Gasteiger partial charge in [-0.2, -0.15) is 0 Å². The Hall–Kier alpha value is -1.58. The lowest BCUT2D eigenvalue weighted by molar-refractivity contribution is 0.199. The normalized spacial score (nSPS) is 11.2. The van der Waals surface area contributed by atoms with Gasteiger partial charge in [0.25, 0.3) is 0 Å². The van der Waals surface area contributed by atoms with Crippen molar-refractivity contribution in [3.8, 4) is 0 Å². The molecule has 0 aliphatic carbocycles. The van der Waals surface area contributed by atoms with E-state index in [2.05, 4.69) is 48.5 Å². The van der Waals surface area contributed by atoms with Gasteiger partial charge < -0.3 is 14.6 Å². The number of fused-ring (bicyclic) bond motifs is 1. The molecule has 0 atom stereocenters. The van der Waals surface area contributed by atoms with E-state index in [1.54, 1.807) is 7.11 Å². The Labute approximate surface area is 121 Å². The maximum Gasteiger partial charge on any atom is 0.0587 e. The predicted molar refractivity (Wildman–Crippen MR) is 85.2 cm³/mol. The minimum Gasteiger partial charge on any atom is -0.383 e. The lowest BCUT2D eigenvalue weighted by atomic mass is 10.1. The smallest absolute Gasteiger partial charge is 0.0587 e. The van der Waals surface area contributed by atoms with Crippen molar-refractivity contribution in [2.75, 3.05) is 20.3 Å². The summed E-state index contributed by atoms with van der Waals surface area (Å²) >= 11 is 0. The van der Waals surface area contributed by atoms with Crippen molar-refractivity contribution >= 4 is 10.9 Å². The van der Waals surface area contributed by atoms with Gasteiger partial charge >= 0.3 is 0 Å². The first-order chi connectivity index (χ1) is 9.69. The van der Waals surface area contributed by atoms with Crippen molar-refractivity contribution in [1.82, 2.24) is 9.88 Å². The molecule has 1 heterocycles. The molecule has 2 aromatic rings. The largest absolute Gasteiger partial charge is 0.383 e. The molecule has 0 bridgehead atoms. The van der Waals surface area contributed by atoms with Gasteiger partial charge in [0.1, 0.15) is 0 Å². The van der Waals surface area contributed by atoms with Crippen LogP contribution in [0.25, 0.3) is 10.9 Å². The first-order valence-electron chi connectivity index (χ1n) is 7.08. The highest BCUT2D eigenvalue weighted by molar-refractivity contribution is 5.86. The van der Waals surface area contributed by atoms with Gasteiger partial charge in [0.05, 0.1) is 6.61 Å². The molecule has 0 saturated heterocycles. The fraction of sp³-hybridized carbons (Fsp3) is 0.412. The number of benzene rings is 1. The van der Waals surface area contributed by atoms with Gasteiger partial charge in [-0.05, 0) is 37.1 Å². The van der Waals surface area contributed by atoms with Crippen LogP contribution in [0, 0.1) is 13.8 Å². The monoisotopic (exact) mass is 272 g/mol. The van der Waals surface area contributed by atoms with Gasteiger partial charge in [-0.1, -0.05) is 12.1 Å². The first kappa shape index (κ1) is 14.8. The molecule has 1 aromatic carbocycles. The van der Waals surface area contributed by atoms with E-state index in [9.17, 15) is 0 Å². The van der Waals surface area contributed by atoms with E-state index in [1.165, 1.54) is 27.7 Å². The second-order valence-electron chi connectivity index (χ2n) is 5.13. The van der Waals surface area contributed by atoms with Crippen LogP contribution in [0.15, 0.2) is 30.9 Å². The number of nitrogens with zero attached hydrogens (tertiary/aromatic N) is 1. The van der Waals surface area contributed by atoms with Gasteiger partial charge in [-0.25, -0.2) is 0 Å². The van der Waals surface area contributed by atoms with Crippen LogP contribution in [-0.4, -0.2) is 24.8 Å². The van der Waals surface area contributed by atoms with Crippen molar-refractivity contribution < 1.29 is 4.74 Å². The Morgan fingerprint density at radius 1 is 1.35 bits per heavy atom. The molecule has 0 spiro atoms. The SMILES string of the molecule is C=CCn1c(C)c(C)c2cc(CNCCOC)ccc21. The zero-order valence-corrected chi connectivity index (χ0v) is 12.7. The second-order valence-corrected chi connectivity index (χ2v) is 5.13. The second kappa shape index (κ2) is 6.73. The van der Waals surface area contributed by atoms with E-state index in [-0.39, 0.29) is 0 Å². The molecule has 1 aromatic heterocycles. The standard InChI is InChI=1S/C17H24N2O/c1-5-9-19-14(3)13(2)16-11-15(6-7-17(16)19)12-18-8-10-20-4/h5-7,11,18H,1,8-10,12H2,2-4H3. The molecular formula is C17H24N2O. The number of ether oxygens (including phenoxy) is 1. The minimum atomic E-state index is 0.746. The summed E-state index contributed by atoms with van der Waals surface area (Å²) in [6.45, 7) is 11.6. The maximum atomic E-state index is 5.04. The van der Waals surface area contributed by atoms with Crippen molar-refractivity contribution in [2.24, 2.45) is 0 Å². The molecule has 1 N–H and O–H groups in total. The molecular weight excluding hydrogens is 248 g/mol. The van der Waals surface area contributed by atoms with Crippen LogP contribution in [0.3, 0.4) is 0 Å². The van der Waals surface area contributed by atoms with Crippen LogP contribution < -0.4 is 5.32 Å². The van der Waals surface area contributed by atoms with E-state index in [1.807, 2.05) is 6.08 Å². The molecule has 0 radical (unpaired) electrons. The van der Waals surface area contributed by atoms with Gasteiger partial charge in [-0.15, -0.1) is 6.58 Å². The summed E-state index contributed by atoms with van der Waals surface area (Å²) in [5.74, 6) is 0. The van der Waals surface area contributed by atoms with Crippen LogP contribution in [0.2, 0.25) is 0 Å². The minimum absolute atomic E-state index is 0.746. The Balaban J connectivity index is 2.25. The topological polar surface area (TPSA) is 26.2 Å². The van der Waals surface area contributed by atoms with Crippen LogP contribution in [0.1, 0.15) is 16.8 Å². The Morgan fingerprint density at radius 2 is 2.15 bits per heavy atom. The van der Waals surface area contributed by atoms with E-state index >= 15 is 0 Å². The Bertz CT molecular complexity index is 599. The molecule has 3 heteroatoms. The van der Waals surface area contributed by atoms with Gasteiger partial charge in [0.2, 0.25) is 0 Å². The highest BCUT2D eigenvalue weighted by Crippen LogP contribution is 2.26. The highest BCUT2D eigenvalue weighted by atomic mass is 16.5. The summed E-state index contributed by atoms with van der Waals surface area (Å²) in [6, 6.07) is 6.70. The van der Waals surface area contributed by atoms with E-state index < -0.39 is 0 Å². The highest BCUT2D eigenvalue weighted by Gasteiger charge is 2.10. The summed E-state index contributed by atoms with van der Waals surface area (Å²) in [6.07, 6.45) is 1.95. The third-order valence-electron chi connectivity index (χ3n) is 3.83. The van der Waals surface area contributed by atoms with Crippen LogP contribution >= 0.6 is 0 Å². The molecule has 3 nitrogen and oxygen atoms in total. The van der Waals surface area contributed by atoms with Crippen molar-refractivity contribution in [3.63, 3.8) is 0 Å². The molecule has 0 aliphatic heterocycles. The number of nitrogens with one attached hydrogen (secondary N) is 1. The number of aromatic nitrogens is 1. The lowest BCUT2D eigenvalue weighted by Crippen LogP contribution is -2.18. The summed E-state index contributed by atoms with van der Waals surface area (Å²) in [7, 11) is 1.72. The summed E-state index contributed by atoms with van der Waals surface area (Å²) in [4.78, 5) is 0. The molecule has 0 fully saturated rings. The fourth-order valence-corrected chi connectivity index (χ4v) is 2.58. The van der Waals surface area contributed by atoms with Crippen LogP contribution in [0.4, 0.5) is 0 Å². The third kappa shape index (κ3) is 2.94. The molecule has 2 rings (SSSR count). The van der Waals surface area contributed by atoms with Crippen LogP contribution in [0.5, 0.6) is 0 Å². The zero-order chi connectivity index (χ0) is 14.5. The van der Waals surface area contributed by atoms with Crippen molar-refractivity contribution in [2.45, 2.75) is 26.9 Å². The number of hydrogen-bond donors (Lipinski definition) is 1. The molecule has 0 aliphatic rings. The molecule has 0 saturated carbocycles. The lowest BCUT2D eigenvalue weighted by Gasteiger charge is -2.06. The van der Waals surface area contributed by atoms with E-state index in [0.29, 0.717) is 0 Å². The Morgan fingerprint density at radius 3 is 2.85 bits per heavy atom. The fourth-order valence-electron chi connectivity index (χ4n) is 2.58. The third-order valence-corrected chi connectivity index (χ3v) is 3.83. The van der Waals surface area contributed by atoms with E-state index in [0.717, 1.165) is 26.2 Å². The average Bonchev–Trinajstić information content (AvgIpc) is 2.69. The number of aryl methyl sites for hydroxylation is 1. The quantitative estimate of drug-likeness (QED) is 0.619. The van der Waals surface area contributed by atoms with Crippen molar-refractivity contribution in [1.29, 1.82) is 0 Å². The summed E-state index contributed by atoms with van der Waals surface area (Å²) in [5.41, 5.74) is 5.29. The van der Waals surface area contributed by atoms with E-state index in [4.69, 9.17) is 4.74 Å². The van der Waals surface area contributed by atoms with Crippen LogP contribution in [-0.2, 0) is 17.8 Å². The van der Waals surface area contributed by atoms with Gasteiger partial charge in [0, 0.05) is 43.3 Å². The Kier molecular flexibility index (Phi) is 4.99. The molecule has 108 valence electrons. The van der Waals surface area contributed by atoms with Gasteiger partial charge in [0.15, 0.2) is 0 Å². The molecule has 20 heavy (non-hydrogen) atoms. The summed E-state index contributed by atoms with van der Waals surface area (Å²) in [5, 5.41) is 4.73.